The highest BCUT2D eigenvalue weighted by Gasteiger charge is 2.13. The molecule has 1 atom stereocenters. The number of ether oxygens (including phenoxy) is 1. The number of nitrogens with two attached hydrogens (primary N) is 1. The van der Waals surface area contributed by atoms with E-state index < -0.39 is 12.1 Å². The number of carbonyl (C=O) groups is 1. The van der Waals surface area contributed by atoms with Gasteiger partial charge in [0.25, 0.3) is 0 Å². The third-order valence-corrected chi connectivity index (χ3v) is 2.28. The molecule has 0 aliphatic heterocycles. The van der Waals surface area contributed by atoms with Crippen LogP contribution < -0.4 is 5.73 Å². The summed E-state index contributed by atoms with van der Waals surface area (Å²) in [5.74, 6) is -0.434. The van der Waals surface area contributed by atoms with E-state index in [1.807, 2.05) is 13.0 Å². The Labute approximate surface area is 95.0 Å². The second kappa shape index (κ2) is 5.51. The van der Waals surface area contributed by atoms with Crippen LogP contribution in [-0.4, -0.2) is 23.8 Å². The molecule has 0 fully saturated rings. The number of aliphatic hydroxyl groups excluding tert-OH is 1. The largest absolute Gasteiger partial charge is 0.462 e. The number of rotatable bonds is 4. The van der Waals surface area contributed by atoms with Crippen LogP contribution in [0.1, 0.15) is 29.3 Å². The molecule has 0 amide bonds. The van der Waals surface area contributed by atoms with Gasteiger partial charge in [-0.25, -0.2) is 4.79 Å². The average molecular weight is 223 g/mol. The maximum Gasteiger partial charge on any atom is 0.340 e. The Hall–Kier alpha value is -1.55. The predicted molar refractivity (Wildman–Crippen MR) is 62.2 cm³/mol. The molecule has 0 heterocycles. The number of aliphatic hydroxyl groups is 1. The van der Waals surface area contributed by atoms with Gasteiger partial charge in [0.05, 0.1) is 18.3 Å². The van der Waals surface area contributed by atoms with E-state index in [0.29, 0.717) is 17.7 Å². The summed E-state index contributed by atoms with van der Waals surface area (Å²) in [4.78, 5) is 11.7. The molecule has 0 aromatic heterocycles. The SMILES string of the molecule is Cc1cccc(N)c1C(=O)OCCC(C)O. The molecule has 0 radical (unpaired) electrons. The number of hydrogen-bond acceptors (Lipinski definition) is 4. The molecule has 4 nitrogen and oxygen atoms in total. The van der Waals surface area contributed by atoms with Crippen LogP contribution in [-0.2, 0) is 4.74 Å². The molecular formula is C12H17NO3. The summed E-state index contributed by atoms with van der Waals surface area (Å²) in [5.41, 5.74) is 7.33. The molecule has 1 aromatic carbocycles. The Kier molecular flexibility index (Phi) is 4.31. The normalized spacial score (nSPS) is 12.2. The highest BCUT2D eigenvalue weighted by atomic mass is 16.5. The molecule has 0 aliphatic rings. The topological polar surface area (TPSA) is 72.6 Å². The summed E-state index contributed by atoms with van der Waals surface area (Å²) < 4.78 is 5.02. The van der Waals surface area contributed by atoms with Crippen molar-refractivity contribution in [2.45, 2.75) is 26.4 Å². The minimum atomic E-state index is -0.470. The van der Waals surface area contributed by atoms with E-state index in [-0.39, 0.29) is 6.61 Å². The molecule has 1 rings (SSSR count). The van der Waals surface area contributed by atoms with E-state index in [9.17, 15) is 4.79 Å². The second-order valence-electron chi connectivity index (χ2n) is 3.81. The van der Waals surface area contributed by atoms with E-state index in [2.05, 4.69) is 0 Å². The minimum absolute atomic E-state index is 0.199. The van der Waals surface area contributed by atoms with Crippen molar-refractivity contribution in [1.82, 2.24) is 0 Å². The third-order valence-electron chi connectivity index (χ3n) is 2.28. The van der Waals surface area contributed by atoms with Crippen LogP contribution in [0.3, 0.4) is 0 Å². The van der Waals surface area contributed by atoms with Crippen molar-refractivity contribution in [1.29, 1.82) is 0 Å². The lowest BCUT2D eigenvalue weighted by atomic mass is 10.1. The molecule has 0 spiro atoms. The van der Waals surface area contributed by atoms with Crippen molar-refractivity contribution in [2.75, 3.05) is 12.3 Å². The van der Waals surface area contributed by atoms with Crippen molar-refractivity contribution in [3.05, 3.63) is 29.3 Å². The molecule has 3 N–H and O–H groups in total. The minimum Gasteiger partial charge on any atom is -0.462 e. The van der Waals surface area contributed by atoms with Crippen molar-refractivity contribution >= 4 is 11.7 Å². The first-order valence-corrected chi connectivity index (χ1v) is 5.22. The van der Waals surface area contributed by atoms with Crippen LogP contribution in [0.4, 0.5) is 5.69 Å². The van der Waals surface area contributed by atoms with Crippen LogP contribution in [0.15, 0.2) is 18.2 Å². The summed E-state index contributed by atoms with van der Waals surface area (Å²) in [6.45, 7) is 3.65. The Morgan fingerprint density at radius 2 is 2.25 bits per heavy atom. The van der Waals surface area contributed by atoms with E-state index in [1.54, 1.807) is 19.1 Å². The lowest BCUT2D eigenvalue weighted by molar-refractivity contribution is 0.0445. The number of esters is 1. The van der Waals surface area contributed by atoms with Crippen LogP contribution in [0.2, 0.25) is 0 Å². The van der Waals surface area contributed by atoms with Gasteiger partial charge in [-0.15, -0.1) is 0 Å². The fourth-order valence-electron chi connectivity index (χ4n) is 1.36. The summed E-state index contributed by atoms with van der Waals surface area (Å²) in [6.07, 6.45) is -0.0423. The number of carbonyl (C=O) groups excluding carboxylic acids is 1. The molecule has 0 bridgehead atoms. The van der Waals surface area contributed by atoms with E-state index in [4.69, 9.17) is 15.6 Å². The van der Waals surface area contributed by atoms with Crippen LogP contribution in [0.25, 0.3) is 0 Å². The summed E-state index contributed by atoms with van der Waals surface area (Å²) in [6, 6.07) is 5.26. The van der Waals surface area contributed by atoms with Crippen molar-refractivity contribution in [3.8, 4) is 0 Å². The molecule has 0 saturated carbocycles. The Bertz CT molecular complexity index is 354. The van der Waals surface area contributed by atoms with Gasteiger partial charge in [-0.3, -0.25) is 0 Å². The fourth-order valence-corrected chi connectivity index (χ4v) is 1.36. The van der Waals surface area contributed by atoms with Crippen LogP contribution >= 0.6 is 0 Å². The van der Waals surface area contributed by atoms with Gasteiger partial charge < -0.3 is 15.6 Å². The summed E-state index contributed by atoms with van der Waals surface area (Å²) in [7, 11) is 0. The van der Waals surface area contributed by atoms with Crippen molar-refractivity contribution in [3.63, 3.8) is 0 Å². The first-order chi connectivity index (χ1) is 7.52. The average Bonchev–Trinajstić information content (AvgIpc) is 2.16. The van der Waals surface area contributed by atoms with E-state index in [1.165, 1.54) is 0 Å². The lowest BCUT2D eigenvalue weighted by Gasteiger charge is -2.10. The number of benzene rings is 1. The van der Waals surface area contributed by atoms with Crippen LogP contribution in [0, 0.1) is 6.92 Å². The van der Waals surface area contributed by atoms with Gasteiger partial charge in [0.1, 0.15) is 0 Å². The Balaban J connectivity index is 2.66. The molecule has 0 aliphatic carbocycles. The van der Waals surface area contributed by atoms with Gasteiger partial charge in [0.2, 0.25) is 0 Å². The maximum atomic E-state index is 11.7. The van der Waals surface area contributed by atoms with Gasteiger partial charge in [0.15, 0.2) is 0 Å². The van der Waals surface area contributed by atoms with Gasteiger partial charge >= 0.3 is 5.97 Å². The van der Waals surface area contributed by atoms with Gasteiger partial charge in [-0.1, -0.05) is 12.1 Å². The summed E-state index contributed by atoms with van der Waals surface area (Å²) >= 11 is 0. The van der Waals surface area contributed by atoms with Crippen molar-refractivity contribution < 1.29 is 14.6 Å². The fraction of sp³-hybridized carbons (Fsp3) is 0.417. The van der Waals surface area contributed by atoms with Gasteiger partial charge in [-0.2, -0.15) is 0 Å². The zero-order chi connectivity index (χ0) is 12.1. The first-order valence-electron chi connectivity index (χ1n) is 5.22. The molecule has 4 heteroatoms. The van der Waals surface area contributed by atoms with Gasteiger partial charge in [0, 0.05) is 12.1 Å². The summed E-state index contributed by atoms with van der Waals surface area (Å²) in [5, 5.41) is 9.03. The van der Waals surface area contributed by atoms with E-state index in [0.717, 1.165) is 5.56 Å². The van der Waals surface area contributed by atoms with Crippen molar-refractivity contribution in [2.24, 2.45) is 0 Å². The molecule has 1 unspecified atom stereocenters. The molecule has 0 saturated heterocycles. The lowest BCUT2D eigenvalue weighted by Crippen LogP contribution is -2.13. The highest BCUT2D eigenvalue weighted by Crippen LogP contribution is 2.17. The highest BCUT2D eigenvalue weighted by molar-refractivity contribution is 5.96. The predicted octanol–water partition coefficient (Wildman–Crippen LogP) is 1.50. The van der Waals surface area contributed by atoms with E-state index >= 15 is 0 Å². The zero-order valence-electron chi connectivity index (χ0n) is 9.56. The quantitative estimate of drug-likeness (QED) is 0.599. The van der Waals surface area contributed by atoms with Crippen LogP contribution in [0.5, 0.6) is 0 Å². The molecular weight excluding hydrogens is 206 g/mol. The monoisotopic (exact) mass is 223 g/mol. The first kappa shape index (κ1) is 12.5. The molecule has 88 valence electrons. The molecule has 1 aromatic rings. The van der Waals surface area contributed by atoms with Gasteiger partial charge in [-0.05, 0) is 25.5 Å². The number of nitrogen functional groups attached to an aromatic ring is 1. The zero-order valence-corrected chi connectivity index (χ0v) is 9.56. The number of hydrogen-bond donors (Lipinski definition) is 2. The number of anilines is 1. The Morgan fingerprint density at radius 1 is 1.56 bits per heavy atom. The Morgan fingerprint density at radius 3 is 2.81 bits per heavy atom. The number of aryl methyl sites for hydroxylation is 1. The maximum absolute atomic E-state index is 11.7. The smallest absolute Gasteiger partial charge is 0.340 e. The molecule has 16 heavy (non-hydrogen) atoms. The third kappa shape index (κ3) is 3.24. The second-order valence-corrected chi connectivity index (χ2v) is 3.81. The standard InChI is InChI=1S/C12H17NO3/c1-8-4-3-5-10(13)11(8)12(15)16-7-6-9(2)14/h3-5,9,14H,6-7,13H2,1-2H3.